The summed E-state index contributed by atoms with van der Waals surface area (Å²) in [6.07, 6.45) is 5.81. The topological polar surface area (TPSA) is 57.3 Å². The van der Waals surface area contributed by atoms with Crippen LogP contribution in [0.25, 0.3) is 0 Å². The van der Waals surface area contributed by atoms with Crippen molar-refractivity contribution in [2.24, 2.45) is 0 Å². The van der Waals surface area contributed by atoms with Gasteiger partial charge in [0.15, 0.2) is 0 Å². The number of carbonyl (C=O) groups excluding carboxylic acids is 1. The number of hydrogen-bond acceptors (Lipinski definition) is 4. The molecule has 1 fully saturated rings. The van der Waals surface area contributed by atoms with Crippen LogP contribution in [0.4, 0.5) is 22.7 Å². The molecule has 0 saturated carbocycles. The fourth-order valence-electron chi connectivity index (χ4n) is 3.59. The number of pyridine rings is 1. The molecule has 1 amide bonds. The normalized spacial score (nSPS) is 13.4. The van der Waals surface area contributed by atoms with Crippen molar-refractivity contribution >= 4 is 28.7 Å². The molecule has 4 rings (SSSR count). The summed E-state index contributed by atoms with van der Waals surface area (Å²) in [6.45, 7) is 6.33. The molecule has 0 radical (unpaired) electrons. The number of nitrogens with one attached hydrogen (secondary N) is 2. The van der Waals surface area contributed by atoms with Crippen molar-refractivity contribution < 1.29 is 4.79 Å². The summed E-state index contributed by atoms with van der Waals surface area (Å²) in [5.41, 5.74) is 6.63. The van der Waals surface area contributed by atoms with Crippen molar-refractivity contribution in [3.05, 3.63) is 77.6 Å². The number of anilines is 4. The zero-order chi connectivity index (χ0) is 20.2. The molecule has 1 aliphatic heterocycles. The zero-order valence-electron chi connectivity index (χ0n) is 16.9. The van der Waals surface area contributed by atoms with Crippen LogP contribution in [0.2, 0.25) is 0 Å². The summed E-state index contributed by atoms with van der Waals surface area (Å²) >= 11 is 0. The minimum Gasteiger partial charge on any atom is -0.372 e. The third-order valence-electron chi connectivity index (χ3n) is 5.27. The van der Waals surface area contributed by atoms with Crippen LogP contribution in [0.1, 0.15) is 34.3 Å². The van der Waals surface area contributed by atoms with E-state index in [9.17, 15) is 4.79 Å². The molecule has 1 aliphatic rings. The van der Waals surface area contributed by atoms with Gasteiger partial charge in [0.05, 0.1) is 17.4 Å². The molecule has 3 aromatic rings. The van der Waals surface area contributed by atoms with E-state index in [0.717, 1.165) is 35.7 Å². The standard InChI is InChI=1S/C24H26N4O/c1-17-5-6-18(2)23(13-17)26-21-14-19(15-25-16-21)24(29)27-20-7-9-22(10-8-20)28-11-3-4-12-28/h5-10,13-16,26H,3-4,11-12H2,1-2H3,(H,27,29). The lowest BCUT2D eigenvalue weighted by atomic mass is 10.1. The van der Waals surface area contributed by atoms with E-state index in [1.165, 1.54) is 24.1 Å². The van der Waals surface area contributed by atoms with E-state index in [1.54, 1.807) is 12.4 Å². The lowest BCUT2D eigenvalue weighted by Crippen LogP contribution is -2.17. The Hall–Kier alpha value is -3.34. The largest absolute Gasteiger partial charge is 0.372 e. The van der Waals surface area contributed by atoms with Crippen LogP contribution < -0.4 is 15.5 Å². The van der Waals surface area contributed by atoms with Crippen LogP contribution >= 0.6 is 0 Å². The number of rotatable bonds is 5. The molecule has 148 valence electrons. The van der Waals surface area contributed by atoms with Crippen molar-refractivity contribution in [2.75, 3.05) is 28.6 Å². The number of aryl methyl sites for hydroxylation is 2. The molecule has 2 aromatic carbocycles. The van der Waals surface area contributed by atoms with E-state index in [4.69, 9.17) is 0 Å². The van der Waals surface area contributed by atoms with Gasteiger partial charge in [0.25, 0.3) is 5.91 Å². The maximum atomic E-state index is 12.7. The Balaban J connectivity index is 1.45. The number of hydrogen-bond donors (Lipinski definition) is 2. The molecule has 0 unspecified atom stereocenters. The second-order valence-electron chi connectivity index (χ2n) is 7.60. The Bertz CT molecular complexity index is 1010. The average molecular weight is 386 g/mol. The third kappa shape index (κ3) is 4.57. The summed E-state index contributed by atoms with van der Waals surface area (Å²) in [6, 6.07) is 16.1. The Kier molecular flexibility index (Phi) is 5.47. The predicted octanol–water partition coefficient (Wildman–Crippen LogP) is 5.29. The van der Waals surface area contributed by atoms with Crippen LogP contribution in [0.3, 0.4) is 0 Å². The van der Waals surface area contributed by atoms with Gasteiger partial charge in [-0.25, -0.2) is 0 Å². The molecule has 5 nitrogen and oxygen atoms in total. The Morgan fingerprint density at radius 2 is 1.69 bits per heavy atom. The molecule has 0 aliphatic carbocycles. The molecular weight excluding hydrogens is 360 g/mol. The maximum Gasteiger partial charge on any atom is 0.257 e. The van der Waals surface area contributed by atoms with Gasteiger partial charge in [-0.15, -0.1) is 0 Å². The van der Waals surface area contributed by atoms with E-state index in [0.29, 0.717) is 5.56 Å². The van der Waals surface area contributed by atoms with E-state index in [2.05, 4.69) is 64.7 Å². The highest BCUT2D eigenvalue weighted by Crippen LogP contribution is 2.24. The number of nitrogens with zero attached hydrogens (tertiary/aromatic N) is 2. The van der Waals surface area contributed by atoms with Crippen molar-refractivity contribution in [3.8, 4) is 0 Å². The first-order valence-corrected chi connectivity index (χ1v) is 10.0. The quantitative estimate of drug-likeness (QED) is 0.625. The molecular formula is C24H26N4O. The van der Waals surface area contributed by atoms with Crippen molar-refractivity contribution in [3.63, 3.8) is 0 Å². The summed E-state index contributed by atoms with van der Waals surface area (Å²) in [5.74, 6) is -0.170. The predicted molar refractivity (Wildman–Crippen MR) is 119 cm³/mol. The van der Waals surface area contributed by atoms with Crippen LogP contribution in [0.5, 0.6) is 0 Å². The fraction of sp³-hybridized carbons (Fsp3) is 0.250. The van der Waals surface area contributed by atoms with Crippen molar-refractivity contribution in [2.45, 2.75) is 26.7 Å². The minimum atomic E-state index is -0.170. The average Bonchev–Trinajstić information content (AvgIpc) is 3.26. The van der Waals surface area contributed by atoms with Crippen molar-refractivity contribution in [1.29, 1.82) is 0 Å². The SMILES string of the molecule is Cc1ccc(C)c(Nc2cncc(C(=O)Nc3ccc(N4CCCC4)cc3)c2)c1. The van der Waals surface area contributed by atoms with E-state index in [-0.39, 0.29) is 5.91 Å². The molecule has 2 heterocycles. The highest BCUT2D eigenvalue weighted by atomic mass is 16.1. The minimum absolute atomic E-state index is 0.170. The van der Waals surface area contributed by atoms with E-state index >= 15 is 0 Å². The number of carbonyl (C=O) groups is 1. The van der Waals surface area contributed by atoms with Gasteiger partial charge in [-0.05, 0) is 74.2 Å². The lowest BCUT2D eigenvalue weighted by molar-refractivity contribution is 0.102. The Morgan fingerprint density at radius 1 is 0.931 bits per heavy atom. The van der Waals surface area contributed by atoms with Gasteiger partial charge in [-0.1, -0.05) is 12.1 Å². The highest BCUT2D eigenvalue weighted by Gasteiger charge is 2.13. The van der Waals surface area contributed by atoms with Gasteiger partial charge in [-0.3, -0.25) is 9.78 Å². The van der Waals surface area contributed by atoms with Gasteiger partial charge >= 0.3 is 0 Å². The molecule has 0 atom stereocenters. The first-order chi connectivity index (χ1) is 14.1. The molecule has 5 heteroatoms. The first-order valence-electron chi connectivity index (χ1n) is 10.0. The number of benzene rings is 2. The second kappa shape index (κ2) is 8.35. The van der Waals surface area contributed by atoms with Crippen LogP contribution in [-0.4, -0.2) is 24.0 Å². The maximum absolute atomic E-state index is 12.7. The molecule has 29 heavy (non-hydrogen) atoms. The number of aromatic nitrogens is 1. The van der Waals surface area contributed by atoms with Gasteiger partial charge in [-0.2, -0.15) is 0 Å². The molecule has 1 aromatic heterocycles. The smallest absolute Gasteiger partial charge is 0.257 e. The molecule has 2 N–H and O–H groups in total. The van der Waals surface area contributed by atoms with Gasteiger partial charge < -0.3 is 15.5 Å². The van der Waals surface area contributed by atoms with Gasteiger partial charge in [0.1, 0.15) is 0 Å². The van der Waals surface area contributed by atoms with Crippen LogP contribution in [-0.2, 0) is 0 Å². The van der Waals surface area contributed by atoms with Crippen LogP contribution in [0, 0.1) is 13.8 Å². The van der Waals surface area contributed by atoms with Gasteiger partial charge in [0, 0.05) is 36.3 Å². The number of amides is 1. The van der Waals surface area contributed by atoms with Crippen LogP contribution in [0.15, 0.2) is 60.9 Å². The summed E-state index contributed by atoms with van der Waals surface area (Å²) in [7, 11) is 0. The third-order valence-corrected chi connectivity index (χ3v) is 5.27. The van der Waals surface area contributed by atoms with E-state index in [1.807, 2.05) is 18.2 Å². The van der Waals surface area contributed by atoms with E-state index < -0.39 is 0 Å². The monoisotopic (exact) mass is 386 g/mol. The zero-order valence-corrected chi connectivity index (χ0v) is 16.9. The summed E-state index contributed by atoms with van der Waals surface area (Å²) < 4.78 is 0. The second-order valence-corrected chi connectivity index (χ2v) is 7.60. The lowest BCUT2D eigenvalue weighted by Gasteiger charge is -2.17. The summed E-state index contributed by atoms with van der Waals surface area (Å²) in [5, 5.41) is 6.33. The Labute approximate surface area is 171 Å². The highest BCUT2D eigenvalue weighted by molar-refractivity contribution is 6.04. The summed E-state index contributed by atoms with van der Waals surface area (Å²) in [4.78, 5) is 19.3. The van der Waals surface area contributed by atoms with Gasteiger partial charge in [0.2, 0.25) is 0 Å². The Morgan fingerprint density at radius 3 is 2.45 bits per heavy atom. The van der Waals surface area contributed by atoms with Crippen molar-refractivity contribution in [1.82, 2.24) is 4.98 Å². The first kappa shape index (κ1) is 19.0. The molecule has 0 spiro atoms. The molecule has 0 bridgehead atoms. The fourth-order valence-corrected chi connectivity index (χ4v) is 3.59. The molecule has 1 saturated heterocycles.